The molecule has 0 aliphatic carbocycles. The molecule has 0 bridgehead atoms. The van der Waals surface area contributed by atoms with Gasteiger partial charge in [-0.25, -0.2) is 13.8 Å². The first kappa shape index (κ1) is 18.5. The van der Waals surface area contributed by atoms with E-state index in [2.05, 4.69) is 27.8 Å². The minimum absolute atomic E-state index is 0.243. The zero-order valence-electron chi connectivity index (χ0n) is 15.1. The van der Waals surface area contributed by atoms with Crippen molar-refractivity contribution >= 4 is 5.82 Å². The Bertz CT molecular complexity index is 546. The molecule has 1 aromatic rings. The Kier molecular flexibility index (Phi) is 6.59. The normalized spacial score (nSPS) is 21.4. The second-order valence-electron chi connectivity index (χ2n) is 7.30. The third-order valence-corrected chi connectivity index (χ3v) is 5.56. The number of fused-ring (bicyclic) bond motifs is 1. The van der Waals surface area contributed by atoms with Crippen LogP contribution in [-0.4, -0.2) is 55.1 Å². The van der Waals surface area contributed by atoms with Crippen molar-refractivity contribution < 1.29 is 8.78 Å². The fraction of sp³-hybridized carbons (Fsp3) is 0.737. The average molecular weight is 352 g/mol. The van der Waals surface area contributed by atoms with Crippen LogP contribution in [0.5, 0.6) is 0 Å². The van der Waals surface area contributed by atoms with Crippen LogP contribution >= 0.6 is 0 Å². The topological polar surface area (TPSA) is 40.2 Å². The first-order valence-electron chi connectivity index (χ1n) is 9.58. The molecule has 4 nitrogen and oxygen atoms in total. The van der Waals surface area contributed by atoms with Gasteiger partial charge in [0.05, 0.1) is 6.04 Å². The van der Waals surface area contributed by atoms with Crippen LogP contribution in [0.25, 0.3) is 0 Å². The molecule has 1 fully saturated rings. The van der Waals surface area contributed by atoms with Gasteiger partial charge in [0.25, 0.3) is 6.43 Å². The molecule has 0 aromatic carbocycles. The number of hydrogen-bond donors (Lipinski definition) is 2. The molecule has 0 spiro atoms. The number of unbranched alkanes of at least 4 members (excludes halogenated alkanes) is 1. The van der Waals surface area contributed by atoms with Gasteiger partial charge in [-0.1, -0.05) is 12.5 Å². The highest BCUT2D eigenvalue weighted by atomic mass is 19.3. The number of halogens is 2. The van der Waals surface area contributed by atoms with Crippen LogP contribution in [0, 0.1) is 0 Å². The van der Waals surface area contributed by atoms with Crippen molar-refractivity contribution in [3.63, 3.8) is 0 Å². The van der Waals surface area contributed by atoms with E-state index in [0.29, 0.717) is 6.42 Å². The smallest absolute Gasteiger partial charge is 0.253 e. The number of aromatic nitrogens is 1. The van der Waals surface area contributed by atoms with E-state index < -0.39 is 12.5 Å². The number of likely N-dealkylation sites (N-methyl/N-ethyl adjacent to an activating group) is 1. The summed E-state index contributed by atoms with van der Waals surface area (Å²) in [4.78, 5) is 6.58. The molecule has 0 radical (unpaired) electrons. The maximum Gasteiger partial charge on any atom is 0.253 e. The van der Waals surface area contributed by atoms with Crippen LogP contribution in [0.15, 0.2) is 12.1 Å². The van der Waals surface area contributed by atoms with Crippen molar-refractivity contribution in [2.24, 2.45) is 0 Å². The van der Waals surface area contributed by atoms with Gasteiger partial charge in [-0.05, 0) is 63.7 Å². The lowest BCUT2D eigenvalue weighted by atomic mass is 10.0. The summed E-state index contributed by atoms with van der Waals surface area (Å²) in [5.74, 6) is 1.02. The van der Waals surface area contributed by atoms with Gasteiger partial charge in [0, 0.05) is 24.8 Å². The summed E-state index contributed by atoms with van der Waals surface area (Å²) in [5, 5.41) is 6.61. The highest BCUT2D eigenvalue weighted by Gasteiger charge is 2.30. The Hall–Kier alpha value is -1.27. The molecule has 2 N–H and O–H groups in total. The second-order valence-corrected chi connectivity index (χ2v) is 7.30. The van der Waals surface area contributed by atoms with E-state index in [-0.39, 0.29) is 6.04 Å². The predicted octanol–water partition coefficient (Wildman–Crippen LogP) is 3.08. The fourth-order valence-electron chi connectivity index (χ4n) is 3.93. The minimum Gasteiger partial charge on any atom is -0.370 e. The van der Waals surface area contributed by atoms with Crippen LogP contribution in [0.3, 0.4) is 0 Å². The molecule has 0 saturated carbocycles. The number of rotatable bonds is 8. The molecule has 25 heavy (non-hydrogen) atoms. The van der Waals surface area contributed by atoms with Crippen molar-refractivity contribution in [1.82, 2.24) is 15.2 Å². The summed E-state index contributed by atoms with van der Waals surface area (Å²) in [6.07, 6.45) is 4.06. The lowest BCUT2D eigenvalue weighted by Gasteiger charge is -2.32. The van der Waals surface area contributed by atoms with E-state index in [1.807, 2.05) is 11.9 Å². The summed E-state index contributed by atoms with van der Waals surface area (Å²) in [6, 6.07) is 3.86. The van der Waals surface area contributed by atoms with Crippen molar-refractivity contribution in [2.45, 2.75) is 63.5 Å². The highest BCUT2D eigenvalue weighted by Crippen LogP contribution is 2.22. The largest absolute Gasteiger partial charge is 0.370 e. The molecule has 0 amide bonds. The number of anilines is 1. The molecule has 2 aliphatic rings. The van der Waals surface area contributed by atoms with Gasteiger partial charge in [-0.2, -0.15) is 0 Å². The van der Waals surface area contributed by atoms with Gasteiger partial charge in [0.15, 0.2) is 0 Å². The lowest BCUT2D eigenvalue weighted by Crippen LogP contribution is -2.45. The second kappa shape index (κ2) is 8.90. The van der Waals surface area contributed by atoms with Crippen molar-refractivity contribution in [3.8, 4) is 0 Å². The molecule has 6 heteroatoms. The molecule has 2 atom stereocenters. The Labute approximate surface area is 149 Å². The third-order valence-electron chi connectivity index (χ3n) is 5.56. The zero-order valence-corrected chi connectivity index (χ0v) is 15.1. The summed E-state index contributed by atoms with van der Waals surface area (Å²) in [5.41, 5.74) is 2.36. The summed E-state index contributed by atoms with van der Waals surface area (Å²) in [7, 11) is 1.85. The molecular formula is C19H30F2N4. The van der Waals surface area contributed by atoms with Crippen molar-refractivity contribution in [1.29, 1.82) is 0 Å². The highest BCUT2D eigenvalue weighted by molar-refractivity contribution is 5.46. The van der Waals surface area contributed by atoms with Crippen LogP contribution < -0.4 is 10.6 Å². The van der Waals surface area contributed by atoms with Gasteiger partial charge in [-0.3, -0.25) is 4.90 Å². The molecule has 1 aromatic heterocycles. The van der Waals surface area contributed by atoms with Gasteiger partial charge in [-0.15, -0.1) is 0 Å². The monoisotopic (exact) mass is 352 g/mol. The third kappa shape index (κ3) is 4.88. The van der Waals surface area contributed by atoms with Gasteiger partial charge in [0.2, 0.25) is 0 Å². The molecule has 140 valence electrons. The van der Waals surface area contributed by atoms with E-state index in [4.69, 9.17) is 0 Å². The predicted molar refractivity (Wildman–Crippen MR) is 97.4 cm³/mol. The van der Waals surface area contributed by atoms with E-state index in [0.717, 1.165) is 69.7 Å². The summed E-state index contributed by atoms with van der Waals surface area (Å²) >= 11 is 0. The molecule has 0 unspecified atom stereocenters. The van der Waals surface area contributed by atoms with E-state index >= 15 is 0 Å². The number of aryl methyl sites for hydroxylation is 2. The molecule has 3 rings (SSSR count). The maximum absolute atomic E-state index is 13.5. The van der Waals surface area contributed by atoms with Gasteiger partial charge < -0.3 is 10.6 Å². The number of pyridine rings is 1. The zero-order chi connectivity index (χ0) is 17.6. The Morgan fingerprint density at radius 2 is 2.16 bits per heavy atom. The quantitative estimate of drug-likeness (QED) is 0.706. The van der Waals surface area contributed by atoms with Crippen LogP contribution in [-0.2, 0) is 12.8 Å². The van der Waals surface area contributed by atoms with Crippen LogP contribution in [0.2, 0.25) is 0 Å². The minimum atomic E-state index is -2.28. The number of nitrogens with zero attached hydrogens (tertiary/aromatic N) is 2. The fourth-order valence-corrected chi connectivity index (χ4v) is 3.93. The Morgan fingerprint density at radius 3 is 2.92 bits per heavy atom. The van der Waals surface area contributed by atoms with Crippen molar-refractivity contribution in [3.05, 3.63) is 23.4 Å². The number of nitrogens with one attached hydrogen (secondary N) is 2. The summed E-state index contributed by atoms with van der Waals surface area (Å²) in [6.45, 7) is 2.75. The Balaban J connectivity index is 1.46. The first-order valence-corrected chi connectivity index (χ1v) is 9.58. The number of hydrogen-bond acceptors (Lipinski definition) is 4. The SMILES string of the molecule is CN([C@H]1CCNC1)[C@H](CCCCc1ccc2c(n1)NCCC2)C(F)F. The molecule has 2 aliphatic heterocycles. The lowest BCUT2D eigenvalue weighted by molar-refractivity contribution is 0.0156. The first-order chi connectivity index (χ1) is 12.1. The maximum atomic E-state index is 13.5. The Morgan fingerprint density at radius 1 is 1.28 bits per heavy atom. The van der Waals surface area contributed by atoms with Gasteiger partial charge in [0.1, 0.15) is 5.82 Å². The van der Waals surface area contributed by atoms with Crippen LogP contribution in [0.1, 0.15) is 43.4 Å². The van der Waals surface area contributed by atoms with E-state index in [1.165, 1.54) is 5.56 Å². The standard InChI is InChI=1S/C19H30F2N4/c1-25(16-10-12-22-13-16)17(18(20)21)7-3-2-6-15-9-8-14-5-4-11-23-19(14)24-15/h8-9,16-18,22H,2-7,10-13H2,1H3,(H,23,24)/t16-,17+/m0/s1. The molecular weight excluding hydrogens is 322 g/mol. The van der Waals surface area contributed by atoms with Crippen LogP contribution in [0.4, 0.5) is 14.6 Å². The van der Waals surface area contributed by atoms with E-state index in [9.17, 15) is 8.78 Å². The van der Waals surface area contributed by atoms with E-state index in [1.54, 1.807) is 0 Å². The average Bonchev–Trinajstić information content (AvgIpc) is 3.15. The molecule has 3 heterocycles. The van der Waals surface area contributed by atoms with Gasteiger partial charge >= 0.3 is 0 Å². The van der Waals surface area contributed by atoms with Crippen molar-refractivity contribution in [2.75, 3.05) is 32.0 Å². The molecule has 1 saturated heterocycles. The summed E-state index contributed by atoms with van der Waals surface area (Å²) < 4.78 is 26.9. The number of alkyl halides is 2.